The molecule has 1 unspecified atom stereocenters. The molecule has 2 N–H and O–H groups in total. The lowest BCUT2D eigenvalue weighted by Gasteiger charge is -2.35. The summed E-state index contributed by atoms with van der Waals surface area (Å²) in [5.74, 6) is 1.06. The summed E-state index contributed by atoms with van der Waals surface area (Å²) in [6.45, 7) is 7.17. The third-order valence-corrected chi connectivity index (χ3v) is 3.73. The Morgan fingerprint density at radius 3 is 3.00 bits per heavy atom. The van der Waals surface area contributed by atoms with Crippen LogP contribution in [-0.2, 0) is 4.79 Å². The standard InChI is InChI=1S/C11H21N3OS/c1-4-11(3)6-7-16-10(14-11)13-8-9(15)12-5-2/h4-8H2,1-3H3,(H,12,15)(H,13,14). The fourth-order valence-corrected chi connectivity index (χ4v) is 2.70. The van der Waals surface area contributed by atoms with Crippen molar-refractivity contribution < 1.29 is 4.79 Å². The van der Waals surface area contributed by atoms with E-state index in [2.05, 4.69) is 29.5 Å². The molecule has 1 atom stereocenters. The SMILES string of the molecule is CCNC(=O)CN=C1NC(C)(CC)CCS1. The number of thioether (sulfide) groups is 1. The van der Waals surface area contributed by atoms with Gasteiger partial charge in [0.15, 0.2) is 5.17 Å². The number of carbonyl (C=O) groups excluding carboxylic acids is 1. The number of rotatable bonds is 4. The number of nitrogens with one attached hydrogen (secondary N) is 2. The first-order valence-electron chi connectivity index (χ1n) is 5.82. The van der Waals surface area contributed by atoms with E-state index in [0.29, 0.717) is 6.54 Å². The van der Waals surface area contributed by atoms with Crippen LogP contribution < -0.4 is 10.6 Å². The van der Waals surface area contributed by atoms with Gasteiger partial charge in [0, 0.05) is 17.8 Å². The Bertz CT molecular complexity index is 280. The van der Waals surface area contributed by atoms with Crippen molar-refractivity contribution in [2.45, 2.75) is 39.2 Å². The van der Waals surface area contributed by atoms with Gasteiger partial charge in [-0.15, -0.1) is 0 Å². The first kappa shape index (κ1) is 13.4. The van der Waals surface area contributed by atoms with Crippen molar-refractivity contribution in [3.63, 3.8) is 0 Å². The number of aliphatic imine (C=N–C) groups is 1. The van der Waals surface area contributed by atoms with Crippen LogP contribution in [0.25, 0.3) is 0 Å². The highest BCUT2D eigenvalue weighted by molar-refractivity contribution is 8.13. The summed E-state index contributed by atoms with van der Waals surface area (Å²) in [6.07, 6.45) is 2.22. The Balaban J connectivity index is 2.47. The van der Waals surface area contributed by atoms with E-state index in [9.17, 15) is 4.79 Å². The Morgan fingerprint density at radius 1 is 1.62 bits per heavy atom. The van der Waals surface area contributed by atoms with Gasteiger partial charge in [-0.25, -0.2) is 0 Å². The van der Waals surface area contributed by atoms with Gasteiger partial charge in [-0.2, -0.15) is 0 Å². The summed E-state index contributed by atoms with van der Waals surface area (Å²) < 4.78 is 0. The second kappa shape index (κ2) is 6.13. The van der Waals surface area contributed by atoms with E-state index in [1.807, 2.05) is 6.92 Å². The van der Waals surface area contributed by atoms with Crippen LogP contribution in [0.1, 0.15) is 33.6 Å². The van der Waals surface area contributed by atoms with E-state index < -0.39 is 0 Å². The van der Waals surface area contributed by atoms with Gasteiger partial charge in [-0.1, -0.05) is 18.7 Å². The lowest BCUT2D eigenvalue weighted by molar-refractivity contribution is -0.119. The average Bonchev–Trinajstić information content (AvgIpc) is 2.27. The lowest BCUT2D eigenvalue weighted by atomic mass is 9.96. The van der Waals surface area contributed by atoms with E-state index in [1.165, 1.54) is 0 Å². The highest BCUT2D eigenvalue weighted by Crippen LogP contribution is 2.24. The van der Waals surface area contributed by atoms with E-state index >= 15 is 0 Å². The number of hydrogen-bond donors (Lipinski definition) is 2. The molecule has 16 heavy (non-hydrogen) atoms. The Kier molecular flexibility index (Phi) is 5.12. The van der Waals surface area contributed by atoms with Crippen molar-refractivity contribution in [1.82, 2.24) is 10.6 Å². The molecule has 0 aromatic carbocycles. The largest absolute Gasteiger partial charge is 0.360 e. The van der Waals surface area contributed by atoms with Gasteiger partial charge in [0.05, 0.1) is 0 Å². The van der Waals surface area contributed by atoms with Crippen LogP contribution in [0, 0.1) is 0 Å². The third-order valence-electron chi connectivity index (χ3n) is 2.82. The molecule has 1 rings (SSSR count). The van der Waals surface area contributed by atoms with Crippen molar-refractivity contribution in [2.75, 3.05) is 18.8 Å². The number of hydrogen-bond acceptors (Lipinski definition) is 3. The molecule has 0 aromatic heterocycles. The van der Waals surface area contributed by atoms with E-state index in [0.717, 1.165) is 23.8 Å². The van der Waals surface area contributed by atoms with E-state index in [1.54, 1.807) is 11.8 Å². The van der Waals surface area contributed by atoms with E-state index in [4.69, 9.17) is 0 Å². The Labute approximate surface area is 102 Å². The highest BCUT2D eigenvalue weighted by atomic mass is 32.2. The molecule has 0 radical (unpaired) electrons. The highest BCUT2D eigenvalue weighted by Gasteiger charge is 2.27. The predicted octanol–water partition coefficient (Wildman–Crippen LogP) is 1.37. The molecule has 1 fully saturated rings. The molecule has 0 spiro atoms. The molecule has 1 aliphatic rings. The van der Waals surface area contributed by atoms with Crippen LogP contribution in [0.5, 0.6) is 0 Å². The topological polar surface area (TPSA) is 53.5 Å². The zero-order valence-corrected chi connectivity index (χ0v) is 11.1. The van der Waals surface area contributed by atoms with Crippen LogP contribution in [-0.4, -0.2) is 35.5 Å². The van der Waals surface area contributed by atoms with Crippen LogP contribution in [0.3, 0.4) is 0 Å². The molecule has 5 heteroatoms. The first-order chi connectivity index (χ1) is 7.59. The third kappa shape index (κ3) is 4.04. The van der Waals surface area contributed by atoms with Crippen molar-refractivity contribution in [1.29, 1.82) is 0 Å². The Morgan fingerprint density at radius 2 is 2.38 bits per heavy atom. The van der Waals surface area contributed by atoms with Gasteiger partial charge < -0.3 is 10.6 Å². The quantitative estimate of drug-likeness (QED) is 0.784. The normalized spacial score (nSPS) is 27.6. The minimum Gasteiger partial charge on any atom is -0.360 e. The first-order valence-corrected chi connectivity index (χ1v) is 6.80. The second-order valence-electron chi connectivity index (χ2n) is 4.21. The average molecular weight is 243 g/mol. The number of amides is 1. The summed E-state index contributed by atoms with van der Waals surface area (Å²) in [6, 6.07) is 0. The summed E-state index contributed by atoms with van der Waals surface area (Å²) in [5, 5.41) is 7.05. The van der Waals surface area contributed by atoms with Crippen LogP contribution in [0.15, 0.2) is 4.99 Å². The van der Waals surface area contributed by atoms with Gasteiger partial charge >= 0.3 is 0 Å². The van der Waals surface area contributed by atoms with Crippen LogP contribution >= 0.6 is 11.8 Å². The molecule has 1 amide bonds. The van der Waals surface area contributed by atoms with Crippen LogP contribution in [0.2, 0.25) is 0 Å². The molecule has 4 nitrogen and oxygen atoms in total. The maximum Gasteiger partial charge on any atom is 0.241 e. The lowest BCUT2D eigenvalue weighted by Crippen LogP contribution is -2.48. The number of nitrogens with zero attached hydrogens (tertiary/aromatic N) is 1. The summed E-state index contributed by atoms with van der Waals surface area (Å²) in [4.78, 5) is 15.6. The summed E-state index contributed by atoms with van der Waals surface area (Å²) >= 11 is 1.70. The molecule has 0 aromatic rings. The monoisotopic (exact) mass is 243 g/mol. The smallest absolute Gasteiger partial charge is 0.241 e. The molecule has 1 heterocycles. The Hall–Kier alpha value is -0.710. The van der Waals surface area contributed by atoms with E-state index in [-0.39, 0.29) is 18.0 Å². The van der Waals surface area contributed by atoms with Crippen molar-refractivity contribution in [2.24, 2.45) is 4.99 Å². The van der Waals surface area contributed by atoms with Gasteiger partial charge in [0.1, 0.15) is 6.54 Å². The molecule has 0 aliphatic carbocycles. The summed E-state index contributed by atoms with van der Waals surface area (Å²) in [7, 11) is 0. The fraction of sp³-hybridized carbons (Fsp3) is 0.818. The maximum atomic E-state index is 11.3. The fourth-order valence-electron chi connectivity index (χ4n) is 1.48. The predicted molar refractivity (Wildman–Crippen MR) is 69.9 cm³/mol. The van der Waals surface area contributed by atoms with Crippen molar-refractivity contribution >= 4 is 22.8 Å². The number of amidine groups is 1. The van der Waals surface area contributed by atoms with Gasteiger partial charge in [0.25, 0.3) is 0 Å². The minimum atomic E-state index is -0.0128. The van der Waals surface area contributed by atoms with Gasteiger partial charge in [-0.3, -0.25) is 9.79 Å². The molecule has 1 aliphatic heterocycles. The zero-order valence-electron chi connectivity index (χ0n) is 10.3. The molecule has 1 saturated heterocycles. The molecular weight excluding hydrogens is 222 g/mol. The number of likely N-dealkylation sites (N-methyl/N-ethyl adjacent to an activating group) is 1. The van der Waals surface area contributed by atoms with Gasteiger partial charge in [-0.05, 0) is 26.7 Å². The second-order valence-corrected chi connectivity index (χ2v) is 5.30. The minimum absolute atomic E-state index is 0.0128. The van der Waals surface area contributed by atoms with Crippen molar-refractivity contribution in [3.05, 3.63) is 0 Å². The summed E-state index contributed by atoms with van der Waals surface area (Å²) in [5.41, 5.74) is 0.144. The van der Waals surface area contributed by atoms with Crippen molar-refractivity contribution in [3.8, 4) is 0 Å². The maximum absolute atomic E-state index is 11.3. The number of carbonyl (C=O) groups is 1. The van der Waals surface area contributed by atoms with Gasteiger partial charge in [0.2, 0.25) is 5.91 Å². The van der Waals surface area contributed by atoms with Crippen LogP contribution in [0.4, 0.5) is 0 Å². The zero-order chi connectivity index (χ0) is 12.0. The molecule has 0 bridgehead atoms. The molecular formula is C11H21N3OS. The molecule has 0 saturated carbocycles. The molecule has 92 valence electrons.